The van der Waals surface area contributed by atoms with Gasteiger partial charge in [0.1, 0.15) is 0 Å². The van der Waals surface area contributed by atoms with Crippen molar-refractivity contribution in [2.45, 2.75) is 52.1 Å². The molecular formula is C21H32N4O. The molecule has 0 fully saturated rings. The van der Waals surface area contributed by atoms with Crippen LogP contribution < -0.4 is 22.5 Å². The smallest absolute Gasteiger partial charge is 0.219 e. The van der Waals surface area contributed by atoms with E-state index >= 15 is 0 Å². The zero-order valence-electron chi connectivity index (χ0n) is 16.0. The molecule has 0 spiro atoms. The summed E-state index contributed by atoms with van der Waals surface area (Å²) in [5.74, 6) is 0.0953. The number of nitrogens with two attached hydrogens (primary N) is 3. The summed E-state index contributed by atoms with van der Waals surface area (Å²) < 4.78 is 0. The van der Waals surface area contributed by atoms with Crippen LogP contribution in [-0.4, -0.2) is 18.0 Å². The van der Waals surface area contributed by atoms with Crippen LogP contribution in [0.5, 0.6) is 0 Å². The van der Waals surface area contributed by atoms with E-state index in [2.05, 4.69) is 5.32 Å². The van der Waals surface area contributed by atoms with Crippen molar-refractivity contribution in [3.8, 4) is 0 Å². The Morgan fingerprint density at radius 2 is 1.31 bits per heavy atom. The molecule has 7 N–H and O–H groups in total. The maximum absolute atomic E-state index is 11.1. The molecule has 0 radical (unpaired) electrons. The average Bonchev–Trinajstić information content (AvgIpc) is 2.59. The second-order valence-corrected chi connectivity index (χ2v) is 6.69. The van der Waals surface area contributed by atoms with E-state index in [0.717, 1.165) is 24.2 Å². The van der Waals surface area contributed by atoms with Crippen molar-refractivity contribution in [2.75, 3.05) is 11.5 Å². The zero-order valence-corrected chi connectivity index (χ0v) is 16.0. The van der Waals surface area contributed by atoms with E-state index in [1.54, 1.807) is 0 Å². The van der Waals surface area contributed by atoms with E-state index in [4.69, 9.17) is 17.2 Å². The van der Waals surface area contributed by atoms with Gasteiger partial charge in [0.05, 0.1) is 0 Å². The topological polar surface area (TPSA) is 107 Å². The van der Waals surface area contributed by atoms with Crippen LogP contribution in [0.1, 0.15) is 38.3 Å². The van der Waals surface area contributed by atoms with E-state index in [1.165, 1.54) is 11.1 Å². The zero-order chi connectivity index (χ0) is 19.5. The molecule has 0 bridgehead atoms. The molecule has 0 aliphatic heterocycles. The minimum atomic E-state index is 0.0953. The number of carbonyl (C=O) groups is 1. The molecule has 0 saturated heterocycles. The highest BCUT2D eigenvalue weighted by molar-refractivity contribution is 5.75. The third-order valence-electron chi connectivity index (χ3n) is 3.79. The van der Waals surface area contributed by atoms with Crippen LogP contribution in [0.2, 0.25) is 0 Å². The molecule has 2 rings (SSSR count). The maximum Gasteiger partial charge on any atom is 0.219 e. The first-order chi connectivity index (χ1) is 12.3. The first-order valence-electron chi connectivity index (χ1n) is 9.04. The summed E-state index contributed by atoms with van der Waals surface area (Å²) in [5, 5.41) is 2.92. The maximum atomic E-state index is 11.1. The fourth-order valence-electron chi connectivity index (χ4n) is 2.46. The SMILES string of the molecule is CCC(=O)N[C@@H](C)Cc1ccc(N)cc1.C[C@H](N)Cc1ccc(N)cc1. The lowest BCUT2D eigenvalue weighted by Crippen LogP contribution is -2.33. The van der Waals surface area contributed by atoms with Crippen LogP contribution in [0.3, 0.4) is 0 Å². The number of amides is 1. The van der Waals surface area contributed by atoms with Gasteiger partial charge in [-0.3, -0.25) is 4.79 Å². The normalized spacial score (nSPS) is 12.5. The Hall–Kier alpha value is -2.53. The lowest BCUT2D eigenvalue weighted by molar-refractivity contribution is -0.121. The van der Waals surface area contributed by atoms with Gasteiger partial charge in [0.2, 0.25) is 5.91 Å². The average molecular weight is 357 g/mol. The van der Waals surface area contributed by atoms with Gasteiger partial charge in [-0.05, 0) is 62.1 Å². The van der Waals surface area contributed by atoms with Crippen molar-refractivity contribution in [3.63, 3.8) is 0 Å². The van der Waals surface area contributed by atoms with Crippen LogP contribution in [0.4, 0.5) is 11.4 Å². The first kappa shape index (κ1) is 21.5. The highest BCUT2D eigenvalue weighted by atomic mass is 16.1. The van der Waals surface area contributed by atoms with E-state index in [-0.39, 0.29) is 18.0 Å². The summed E-state index contributed by atoms with van der Waals surface area (Å²) in [6.07, 6.45) is 2.29. The first-order valence-corrected chi connectivity index (χ1v) is 9.04. The number of hydrogen-bond acceptors (Lipinski definition) is 4. The molecule has 0 heterocycles. The third-order valence-corrected chi connectivity index (χ3v) is 3.79. The largest absolute Gasteiger partial charge is 0.399 e. The van der Waals surface area contributed by atoms with Crippen molar-refractivity contribution < 1.29 is 4.79 Å². The standard InChI is InChI=1S/C12H18N2O.C9H14N2/c1-3-12(15)14-9(2)8-10-4-6-11(13)7-5-10;1-7(10)6-8-2-4-9(11)5-3-8/h4-7,9H,3,8,13H2,1-2H3,(H,14,15);2-5,7H,6,10-11H2,1H3/t9-;7-/m00/s1. The van der Waals surface area contributed by atoms with Gasteiger partial charge in [-0.15, -0.1) is 0 Å². The molecule has 0 aromatic heterocycles. The fourth-order valence-corrected chi connectivity index (χ4v) is 2.46. The summed E-state index contributed by atoms with van der Waals surface area (Å²) in [6.45, 7) is 5.85. The Morgan fingerprint density at radius 3 is 1.69 bits per heavy atom. The Bertz CT molecular complexity index is 651. The van der Waals surface area contributed by atoms with Gasteiger partial charge in [0.15, 0.2) is 0 Å². The molecule has 0 unspecified atom stereocenters. The summed E-state index contributed by atoms with van der Waals surface area (Å²) in [4.78, 5) is 11.1. The number of hydrogen-bond donors (Lipinski definition) is 4. The number of nitrogens with one attached hydrogen (secondary N) is 1. The number of nitrogen functional groups attached to an aromatic ring is 2. The van der Waals surface area contributed by atoms with Crippen LogP contribution in [0.25, 0.3) is 0 Å². The number of benzene rings is 2. The molecule has 2 aromatic carbocycles. The predicted molar refractivity (Wildman–Crippen MR) is 111 cm³/mol. The number of rotatable bonds is 6. The second kappa shape index (κ2) is 11.2. The molecule has 142 valence electrons. The Balaban J connectivity index is 0.000000273. The van der Waals surface area contributed by atoms with Gasteiger partial charge < -0.3 is 22.5 Å². The van der Waals surface area contributed by atoms with Crippen molar-refractivity contribution in [1.29, 1.82) is 0 Å². The van der Waals surface area contributed by atoms with Gasteiger partial charge in [-0.1, -0.05) is 31.2 Å². The highest BCUT2D eigenvalue weighted by Gasteiger charge is 2.05. The molecular weight excluding hydrogens is 324 g/mol. The van der Waals surface area contributed by atoms with E-state index < -0.39 is 0 Å². The molecule has 1 amide bonds. The van der Waals surface area contributed by atoms with Gasteiger partial charge in [-0.2, -0.15) is 0 Å². The van der Waals surface area contributed by atoms with Gasteiger partial charge in [0, 0.05) is 29.9 Å². The quantitative estimate of drug-likeness (QED) is 0.597. The van der Waals surface area contributed by atoms with Crippen LogP contribution in [-0.2, 0) is 17.6 Å². The Morgan fingerprint density at radius 1 is 0.885 bits per heavy atom. The van der Waals surface area contributed by atoms with Crippen molar-refractivity contribution in [2.24, 2.45) is 5.73 Å². The summed E-state index contributed by atoms with van der Waals surface area (Å²) >= 11 is 0. The van der Waals surface area contributed by atoms with Crippen molar-refractivity contribution in [3.05, 3.63) is 59.7 Å². The highest BCUT2D eigenvalue weighted by Crippen LogP contribution is 2.08. The predicted octanol–water partition coefficient (Wildman–Crippen LogP) is 2.88. The molecule has 0 aliphatic carbocycles. The second-order valence-electron chi connectivity index (χ2n) is 6.69. The number of carbonyl (C=O) groups excluding carboxylic acids is 1. The third kappa shape index (κ3) is 9.08. The summed E-state index contributed by atoms with van der Waals surface area (Å²) in [6, 6.07) is 16.0. The molecule has 2 atom stereocenters. The van der Waals surface area contributed by atoms with Gasteiger partial charge in [0.25, 0.3) is 0 Å². The molecule has 0 aliphatic rings. The van der Waals surface area contributed by atoms with Gasteiger partial charge in [-0.25, -0.2) is 0 Å². The Kier molecular flexibility index (Phi) is 9.23. The summed E-state index contributed by atoms with van der Waals surface area (Å²) in [7, 11) is 0. The van der Waals surface area contributed by atoms with E-state index in [9.17, 15) is 4.79 Å². The molecule has 26 heavy (non-hydrogen) atoms. The van der Waals surface area contributed by atoms with E-state index in [0.29, 0.717) is 6.42 Å². The minimum absolute atomic E-state index is 0.0953. The lowest BCUT2D eigenvalue weighted by atomic mass is 10.1. The van der Waals surface area contributed by atoms with E-state index in [1.807, 2.05) is 69.3 Å². The summed E-state index contributed by atoms with van der Waals surface area (Å²) in [5.41, 5.74) is 20.8. The number of anilines is 2. The Labute approximate surface area is 157 Å². The van der Waals surface area contributed by atoms with Gasteiger partial charge >= 0.3 is 0 Å². The minimum Gasteiger partial charge on any atom is -0.399 e. The van der Waals surface area contributed by atoms with Crippen molar-refractivity contribution >= 4 is 17.3 Å². The van der Waals surface area contributed by atoms with Crippen LogP contribution in [0, 0.1) is 0 Å². The van der Waals surface area contributed by atoms with Crippen LogP contribution in [0.15, 0.2) is 48.5 Å². The molecule has 2 aromatic rings. The molecule has 5 heteroatoms. The fraction of sp³-hybridized carbons (Fsp3) is 0.381. The monoisotopic (exact) mass is 356 g/mol. The molecule has 5 nitrogen and oxygen atoms in total. The molecule has 0 saturated carbocycles. The van der Waals surface area contributed by atoms with Crippen LogP contribution >= 0.6 is 0 Å². The van der Waals surface area contributed by atoms with Crippen molar-refractivity contribution in [1.82, 2.24) is 5.32 Å². The lowest BCUT2D eigenvalue weighted by Gasteiger charge is -2.13.